The van der Waals surface area contributed by atoms with Gasteiger partial charge in [-0.3, -0.25) is 28.9 Å². The molecule has 0 aliphatic carbocycles. The molecule has 0 saturated heterocycles. The van der Waals surface area contributed by atoms with Gasteiger partial charge in [0.1, 0.15) is 24.4 Å². The molecule has 0 aromatic heterocycles. The first-order chi connectivity index (χ1) is 20.7. The summed E-state index contributed by atoms with van der Waals surface area (Å²) in [6.45, 7) is 3.64. The van der Waals surface area contributed by atoms with Crippen LogP contribution in [-0.2, 0) is 26.2 Å². The number of amides is 4. The Hall–Kier alpha value is -4.86. The van der Waals surface area contributed by atoms with Crippen LogP contribution < -0.4 is 42.6 Å². The summed E-state index contributed by atoms with van der Waals surface area (Å²) in [5.74, 6) is -3.04. The van der Waals surface area contributed by atoms with E-state index in [1.807, 2.05) is 6.92 Å². The summed E-state index contributed by atoms with van der Waals surface area (Å²) in [4.78, 5) is 56.7. The van der Waals surface area contributed by atoms with E-state index >= 15 is 0 Å². The van der Waals surface area contributed by atoms with Crippen LogP contribution in [0.2, 0.25) is 0 Å². The molecule has 1 heterocycles. The van der Waals surface area contributed by atoms with Crippen LogP contribution >= 0.6 is 0 Å². The minimum Gasteiger partial charge on any atom is -0.488 e. The highest BCUT2D eigenvalue weighted by molar-refractivity contribution is 7.92. The fraction of sp³-hybridized carbons (Fsp3) is 0.393. The van der Waals surface area contributed by atoms with Crippen LogP contribution in [0.25, 0.3) is 0 Å². The average Bonchev–Trinajstić information content (AvgIpc) is 2.94. The Bertz CT molecular complexity index is 1560. The van der Waals surface area contributed by atoms with Gasteiger partial charge in [-0.1, -0.05) is 26.3 Å². The predicted molar refractivity (Wildman–Crippen MR) is 165 cm³/mol. The Labute approximate surface area is 255 Å². The van der Waals surface area contributed by atoms with Gasteiger partial charge in [0.05, 0.1) is 11.8 Å². The molecule has 44 heavy (non-hydrogen) atoms. The number of nitrogens with one attached hydrogen (secondary N) is 4. The van der Waals surface area contributed by atoms with Crippen LogP contribution in [0, 0.1) is 5.92 Å². The van der Waals surface area contributed by atoms with E-state index < -0.39 is 45.7 Å². The maximum atomic E-state index is 13.6. The van der Waals surface area contributed by atoms with Crippen molar-refractivity contribution in [3.63, 3.8) is 0 Å². The van der Waals surface area contributed by atoms with E-state index in [4.69, 9.17) is 21.9 Å². The van der Waals surface area contributed by atoms with Crippen LogP contribution in [0.4, 0.5) is 11.4 Å². The fourth-order valence-electron chi connectivity index (χ4n) is 4.41. The standard InChI is InChI=1S/C28H38N8O7S/c1-4-15(2)23-27(40)33-20(6-5-11-32-28(30)31)26(39)34-21-12-16(24(29)37)7-8-17(21)14-43-22-10-9-18(36-44(3,41)42)13-19(22)25(38)35-23/h7-10,12-13,15,20,23,36H,4-6,11,14H2,1-3H3,(H2,29,37)(H,33,40)(H,34,39)(H,35,38)(H4,30,31,32)/t15-,20-,23-/m0/s1. The van der Waals surface area contributed by atoms with Crippen molar-refractivity contribution in [2.24, 2.45) is 28.1 Å². The summed E-state index contributed by atoms with van der Waals surface area (Å²) in [6, 6.07) is 6.36. The van der Waals surface area contributed by atoms with E-state index in [0.29, 0.717) is 18.4 Å². The van der Waals surface area contributed by atoms with Gasteiger partial charge in [-0.25, -0.2) is 8.42 Å². The van der Waals surface area contributed by atoms with Gasteiger partial charge in [0, 0.05) is 29.0 Å². The van der Waals surface area contributed by atoms with Crippen molar-refractivity contribution in [3.8, 4) is 5.75 Å². The molecule has 0 spiro atoms. The van der Waals surface area contributed by atoms with E-state index in [1.54, 1.807) is 6.92 Å². The second-order valence-corrected chi connectivity index (χ2v) is 12.2. The summed E-state index contributed by atoms with van der Waals surface area (Å²) in [6.07, 6.45) is 1.94. The van der Waals surface area contributed by atoms with Crippen LogP contribution in [0.3, 0.4) is 0 Å². The third-order valence-electron chi connectivity index (χ3n) is 6.92. The van der Waals surface area contributed by atoms with Crippen molar-refractivity contribution < 1.29 is 32.3 Å². The number of fused-ring (bicyclic) bond motifs is 2. The van der Waals surface area contributed by atoms with Crippen LogP contribution in [0.15, 0.2) is 41.4 Å². The van der Waals surface area contributed by atoms with Gasteiger partial charge in [0.2, 0.25) is 27.7 Å². The fourth-order valence-corrected chi connectivity index (χ4v) is 4.97. The van der Waals surface area contributed by atoms with E-state index in [-0.39, 0.29) is 59.7 Å². The number of hydrogen-bond acceptors (Lipinski definition) is 8. The van der Waals surface area contributed by atoms with Crippen LogP contribution in [0.5, 0.6) is 5.75 Å². The lowest BCUT2D eigenvalue weighted by Crippen LogP contribution is -2.55. The van der Waals surface area contributed by atoms with Gasteiger partial charge >= 0.3 is 0 Å². The highest BCUT2D eigenvalue weighted by Gasteiger charge is 2.31. The van der Waals surface area contributed by atoms with Crippen molar-refractivity contribution >= 4 is 51.0 Å². The number of primary amides is 1. The van der Waals surface area contributed by atoms with Crippen LogP contribution in [-0.4, -0.2) is 62.9 Å². The van der Waals surface area contributed by atoms with Gasteiger partial charge in [0.25, 0.3) is 5.91 Å². The van der Waals surface area contributed by atoms with Crippen molar-refractivity contribution in [2.75, 3.05) is 22.8 Å². The average molecular weight is 631 g/mol. The molecule has 3 rings (SSSR count). The molecule has 16 heteroatoms. The van der Waals surface area contributed by atoms with Gasteiger partial charge in [-0.2, -0.15) is 0 Å². The molecule has 1 aliphatic rings. The number of benzene rings is 2. The predicted octanol–water partition coefficient (Wildman–Crippen LogP) is 0.371. The lowest BCUT2D eigenvalue weighted by molar-refractivity contribution is -0.128. The lowest BCUT2D eigenvalue weighted by Gasteiger charge is -2.27. The highest BCUT2D eigenvalue weighted by Crippen LogP contribution is 2.27. The topological polar surface area (TPSA) is 250 Å². The molecule has 0 unspecified atom stereocenters. The van der Waals surface area contributed by atoms with Gasteiger partial charge < -0.3 is 37.9 Å². The largest absolute Gasteiger partial charge is 0.488 e. The molecule has 0 radical (unpaired) electrons. The first-order valence-corrected chi connectivity index (χ1v) is 15.7. The lowest BCUT2D eigenvalue weighted by atomic mass is 9.97. The SMILES string of the molecule is CC[C@H](C)[C@@H]1NC(=O)c2cc(NS(C)(=O)=O)ccc2OCc2ccc(C(N)=O)cc2NC(=O)[C@H](CCCN=C(N)N)NC1=O. The molecule has 2 aromatic carbocycles. The zero-order chi connectivity index (χ0) is 32.6. The minimum atomic E-state index is -3.67. The summed E-state index contributed by atoms with van der Waals surface area (Å²) < 4.78 is 32.0. The Kier molecular flexibility index (Phi) is 11.1. The second kappa shape index (κ2) is 14.5. The maximum Gasteiger partial charge on any atom is 0.255 e. The third-order valence-corrected chi connectivity index (χ3v) is 7.53. The van der Waals surface area contributed by atoms with E-state index in [2.05, 4.69) is 25.7 Å². The molecular weight excluding hydrogens is 592 g/mol. The molecule has 2 aromatic rings. The second-order valence-electron chi connectivity index (χ2n) is 10.4. The van der Waals surface area contributed by atoms with Crippen molar-refractivity contribution in [1.29, 1.82) is 0 Å². The number of carbonyl (C=O) groups is 4. The number of guanidine groups is 1. The van der Waals surface area contributed by atoms with Crippen molar-refractivity contribution in [2.45, 2.75) is 51.8 Å². The number of nitrogens with two attached hydrogens (primary N) is 3. The van der Waals surface area contributed by atoms with E-state index in [0.717, 1.165) is 6.26 Å². The Morgan fingerprint density at radius 2 is 1.82 bits per heavy atom. The highest BCUT2D eigenvalue weighted by atomic mass is 32.2. The number of hydrogen-bond donors (Lipinski definition) is 7. The number of anilines is 2. The molecule has 238 valence electrons. The summed E-state index contributed by atoms with van der Waals surface area (Å²) in [5, 5.41) is 8.23. The molecule has 10 N–H and O–H groups in total. The molecule has 1 aliphatic heterocycles. The number of ether oxygens (including phenoxy) is 1. The summed E-state index contributed by atoms with van der Waals surface area (Å²) in [5.41, 5.74) is 17.1. The molecule has 0 saturated carbocycles. The van der Waals surface area contributed by atoms with Gasteiger partial charge in [-0.05, 0) is 49.1 Å². The molecule has 4 amide bonds. The van der Waals surface area contributed by atoms with Crippen LogP contribution in [0.1, 0.15) is 59.4 Å². The summed E-state index contributed by atoms with van der Waals surface area (Å²) in [7, 11) is -3.67. The van der Waals surface area contributed by atoms with E-state index in [9.17, 15) is 27.6 Å². The number of rotatable bonds is 9. The van der Waals surface area contributed by atoms with E-state index in [1.165, 1.54) is 36.4 Å². The number of carbonyl (C=O) groups excluding carboxylic acids is 4. The Balaban J connectivity index is 2.12. The third kappa shape index (κ3) is 9.32. The quantitative estimate of drug-likeness (QED) is 0.115. The minimum absolute atomic E-state index is 0.0371. The Morgan fingerprint density at radius 3 is 2.45 bits per heavy atom. The monoisotopic (exact) mass is 630 g/mol. The van der Waals surface area contributed by atoms with Crippen molar-refractivity contribution in [3.05, 3.63) is 53.1 Å². The molecular formula is C28H38N8O7S. The van der Waals surface area contributed by atoms with Gasteiger partial charge in [-0.15, -0.1) is 0 Å². The smallest absolute Gasteiger partial charge is 0.255 e. The summed E-state index contributed by atoms with van der Waals surface area (Å²) >= 11 is 0. The van der Waals surface area contributed by atoms with Crippen molar-refractivity contribution in [1.82, 2.24) is 10.6 Å². The number of sulfonamides is 1. The zero-order valence-corrected chi connectivity index (χ0v) is 25.5. The first kappa shape index (κ1) is 33.6. The first-order valence-electron chi connectivity index (χ1n) is 13.8. The Morgan fingerprint density at radius 1 is 1.09 bits per heavy atom. The molecule has 15 nitrogen and oxygen atoms in total. The maximum absolute atomic E-state index is 13.6. The molecule has 0 fully saturated rings. The zero-order valence-electron chi connectivity index (χ0n) is 24.7. The number of nitrogens with zero attached hydrogens (tertiary/aromatic N) is 1. The van der Waals surface area contributed by atoms with Gasteiger partial charge in [0.15, 0.2) is 5.96 Å². The molecule has 0 bridgehead atoms. The number of aliphatic imine (C=N–C) groups is 1. The normalized spacial score (nSPS) is 18.1. The molecule has 3 atom stereocenters.